The van der Waals surface area contributed by atoms with E-state index in [-0.39, 0.29) is 17.4 Å². The van der Waals surface area contributed by atoms with Crippen LogP contribution in [0.15, 0.2) is 0 Å². The van der Waals surface area contributed by atoms with Gasteiger partial charge in [0.2, 0.25) is 0 Å². The summed E-state index contributed by atoms with van der Waals surface area (Å²) >= 11 is 0. The molecule has 1 saturated carbocycles. The van der Waals surface area contributed by atoms with E-state index < -0.39 is 5.79 Å². The number of ether oxygens (including phenoxy) is 2. The van der Waals surface area contributed by atoms with Crippen LogP contribution < -0.4 is 0 Å². The third-order valence-corrected chi connectivity index (χ3v) is 4.33. The first kappa shape index (κ1) is 12.3. The quantitative estimate of drug-likeness (QED) is 0.747. The van der Waals surface area contributed by atoms with Crippen LogP contribution in [0.3, 0.4) is 0 Å². The van der Waals surface area contributed by atoms with Crippen molar-refractivity contribution in [3.8, 4) is 0 Å². The number of rotatable bonds is 1. The van der Waals surface area contributed by atoms with Gasteiger partial charge in [0, 0.05) is 19.4 Å². The molecular weight excluding hydrogens is 204 g/mol. The van der Waals surface area contributed by atoms with Crippen molar-refractivity contribution in [1.29, 1.82) is 0 Å². The molecule has 1 aliphatic carbocycles. The van der Waals surface area contributed by atoms with Gasteiger partial charge in [-0.1, -0.05) is 27.7 Å². The molecule has 1 aliphatic heterocycles. The van der Waals surface area contributed by atoms with Gasteiger partial charge in [0.05, 0.1) is 13.2 Å². The van der Waals surface area contributed by atoms with Gasteiger partial charge in [-0.25, -0.2) is 0 Å². The van der Waals surface area contributed by atoms with Crippen LogP contribution in [0.4, 0.5) is 0 Å². The van der Waals surface area contributed by atoms with Crippen molar-refractivity contribution in [2.24, 2.45) is 16.7 Å². The molecule has 0 atom stereocenters. The molecule has 0 aromatic rings. The van der Waals surface area contributed by atoms with E-state index in [1.807, 2.05) is 0 Å². The van der Waals surface area contributed by atoms with Crippen molar-refractivity contribution in [3.63, 3.8) is 0 Å². The topological polar surface area (TPSA) is 38.7 Å². The molecule has 0 radical (unpaired) electrons. The van der Waals surface area contributed by atoms with Gasteiger partial charge < -0.3 is 14.6 Å². The van der Waals surface area contributed by atoms with Crippen LogP contribution in [-0.2, 0) is 9.47 Å². The summed E-state index contributed by atoms with van der Waals surface area (Å²) in [7, 11) is 0. The Labute approximate surface area is 98.1 Å². The molecule has 1 saturated heterocycles. The molecule has 0 aromatic heterocycles. The Morgan fingerprint density at radius 3 is 1.81 bits per heavy atom. The lowest BCUT2D eigenvalue weighted by Crippen LogP contribution is -2.53. The van der Waals surface area contributed by atoms with Crippen LogP contribution in [0.2, 0.25) is 0 Å². The fourth-order valence-corrected chi connectivity index (χ4v) is 3.95. The SMILES string of the molecule is CC1(C)CC2(CC(C)(C)C1CO)OCCO2. The van der Waals surface area contributed by atoms with E-state index in [2.05, 4.69) is 27.7 Å². The van der Waals surface area contributed by atoms with Gasteiger partial charge in [-0.05, 0) is 16.7 Å². The highest BCUT2D eigenvalue weighted by atomic mass is 16.7. The monoisotopic (exact) mass is 228 g/mol. The minimum Gasteiger partial charge on any atom is -0.396 e. The third-order valence-electron chi connectivity index (χ3n) is 4.33. The van der Waals surface area contributed by atoms with Gasteiger partial charge in [0.1, 0.15) is 0 Å². The van der Waals surface area contributed by atoms with Gasteiger partial charge in [0.15, 0.2) is 5.79 Å². The summed E-state index contributed by atoms with van der Waals surface area (Å²) in [6, 6.07) is 0. The summed E-state index contributed by atoms with van der Waals surface area (Å²) in [5, 5.41) is 9.61. The lowest BCUT2D eigenvalue weighted by atomic mass is 9.55. The predicted molar refractivity (Wildman–Crippen MR) is 62.0 cm³/mol. The summed E-state index contributed by atoms with van der Waals surface area (Å²) in [6.07, 6.45) is 1.77. The van der Waals surface area contributed by atoms with Crippen LogP contribution in [-0.4, -0.2) is 30.7 Å². The summed E-state index contributed by atoms with van der Waals surface area (Å²) < 4.78 is 11.7. The lowest BCUT2D eigenvalue weighted by molar-refractivity contribution is -0.242. The highest BCUT2D eigenvalue weighted by Gasteiger charge is 2.56. The summed E-state index contributed by atoms with van der Waals surface area (Å²) in [4.78, 5) is 0. The number of aliphatic hydroxyl groups is 1. The molecule has 0 amide bonds. The van der Waals surface area contributed by atoms with E-state index in [1.54, 1.807) is 0 Å². The van der Waals surface area contributed by atoms with E-state index in [0.717, 1.165) is 12.8 Å². The Bertz CT molecular complexity index is 244. The minimum atomic E-state index is -0.390. The van der Waals surface area contributed by atoms with E-state index in [1.165, 1.54) is 0 Å². The zero-order valence-corrected chi connectivity index (χ0v) is 10.9. The maximum Gasteiger partial charge on any atom is 0.169 e. The van der Waals surface area contributed by atoms with Crippen LogP contribution in [0.25, 0.3) is 0 Å². The van der Waals surface area contributed by atoms with E-state index >= 15 is 0 Å². The molecular formula is C13H24O3. The minimum absolute atomic E-state index is 0.0564. The average molecular weight is 228 g/mol. The molecule has 0 aromatic carbocycles. The Balaban J connectivity index is 2.27. The fraction of sp³-hybridized carbons (Fsp3) is 1.00. The molecule has 2 fully saturated rings. The van der Waals surface area contributed by atoms with Gasteiger partial charge >= 0.3 is 0 Å². The first-order valence-electron chi connectivity index (χ1n) is 6.20. The highest BCUT2D eigenvalue weighted by molar-refractivity contribution is 5.01. The Kier molecular flexibility index (Phi) is 2.84. The number of hydrogen-bond acceptors (Lipinski definition) is 3. The standard InChI is InChI=1S/C13H24O3/c1-11(2)8-13(15-5-6-16-13)9-12(3,4)10(11)7-14/h10,14H,5-9H2,1-4H3. The van der Waals surface area contributed by atoms with Gasteiger partial charge in [-0.3, -0.25) is 0 Å². The second-order valence-electron chi connectivity index (χ2n) is 6.67. The molecule has 3 heteroatoms. The molecule has 16 heavy (non-hydrogen) atoms. The van der Waals surface area contributed by atoms with Crippen LogP contribution in [0, 0.1) is 16.7 Å². The molecule has 3 nitrogen and oxygen atoms in total. The van der Waals surface area contributed by atoms with Gasteiger partial charge in [-0.15, -0.1) is 0 Å². The van der Waals surface area contributed by atoms with Crippen LogP contribution >= 0.6 is 0 Å². The Morgan fingerprint density at radius 1 is 1.00 bits per heavy atom. The van der Waals surface area contributed by atoms with Crippen molar-refractivity contribution in [2.75, 3.05) is 19.8 Å². The van der Waals surface area contributed by atoms with Crippen molar-refractivity contribution in [3.05, 3.63) is 0 Å². The van der Waals surface area contributed by atoms with Crippen LogP contribution in [0.1, 0.15) is 40.5 Å². The van der Waals surface area contributed by atoms with Crippen molar-refractivity contribution in [1.82, 2.24) is 0 Å². The summed E-state index contributed by atoms with van der Waals surface area (Å²) in [5.41, 5.74) is 0.113. The smallest absolute Gasteiger partial charge is 0.169 e. The highest BCUT2D eigenvalue weighted by Crippen LogP contribution is 2.56. The maximum absolute atomic E-state index is 9.61. The Hall–Kier alpha value is -0.120. The normalized spacial score (nSPS) is 32.1. The molecule has 1 heterocycles. The lowest BCUT2D eigenvalue weighted by Gasteiger charge is -2.54. The second-order valence-corrected chi connectivity index (χ2v) is 6.67. The largest absolute Gasteiger partial charge is 0.396 e. The molecule has 1 N–H and O–H groups in total. The fourth-order valence-electron chi connectivity index (χ4n) is 3.95. The van der Waals surface area contributed by atoms with Gasteiger partial charge in [-0.2, -0.15) is 0 Å². The molecule has 0 unspecified atom stereocenters. The van der Waals surface area contributed by atoms with E-state index in [0.29, 0.717) is 19.1 Å². The summed E-state index contributed by atoms with van der Waals surface area (Å²) in [6.45, 7) is 10.5. The second kappa shape index (κ2) is 3.69. The molecule has 2 rings (SSSR count). The molecule has 2 aliphatic rings. The molecule has 1 spiro atoms. The zero-order valence-electron chi connectivity index (χ0n) is 10.9. The predicted octanol–water partition coefficient (Wildman–Crippen LogP) is 2.18. The van der Waals surface area contributed by atoms with Crippen LogP contribution in [0.5, 0.6) is 0 Å². The van der Waals surface area contributed by atoms with E-state index in [4.69, 9.17) is 9.47 Å². The van der Waals surface area contributed by atoms with Crippen molar-refractivity contribution in [2.45, 2.75) is 46.3 Å². The van der Waals surface area contributed by atoms with E-state index in [9.17, 15) is 5.11 Å². The zero-order chi connectivity index (χ0) is 12.0. The number of aliphatic hydroxyl groups excluding tert-OH is 1. The average Bonchev–Trinajstić information content (AvgIpc) is 2.48. The first-order valence-corrected chi connectivity index (χ1v) is 6.20. The van der Waals surface area contributed by atoms with Crippen molar-refractivity contribution < 1.29 is 14.6 Å². The number of hydrogen-bond donors (Lipinski definition) is 1. The van der Waals surface area contributed by atoms with Gasteiger partial charge in [0.25, 0.3) is 0 Å². The molecule has 94 valence electrons. The summed E-state index contributed by atoms with van der Waals surface area (Å²) in [5.74, 6) is -0.0861. The molecule has 0 bridgehead atoms. The Morgan fingerprint density at radius 2 is 1.44 bits per heavy atom. The third kappa shape index (κ3) is 1.89. The van der Waals surface area contributed by atoms with Crippen molar-refractivity contribution >= 4 is 0 Å². The maximum atomic E-state index is 9.61. The first-order chi connectivity index (χ1) is 7.31.